The minimum atomic E-state index is -0.0850. The van der Waals surface area contributed by atoms with Crippen molar-refractivity contribution in [2.24, 2.45) is 0 Å². The summed E-state index contributed by atoms with van der Waals surface area (Å²) in [5.41, 5.74) is 1.23. The first-order valence-electron chi connectivity index (χ1n) is 4.32. The van der Waals surface area contributed by atoms with E-state index in [0.29, 0.717) is 11.7 Å². The van der Waals surface area contributed by atoms with Crippen LogP contribution in [0.3, 0.4) is 0 Å². The van der Waals surface area contributed by atoms with Crippen molar-refractivity contribution in [1.29, 1.82) is 0 Å². The van der Waals surface area contributed by atoms with Gasteiger partial charge >= 0.3 is 0 Å². The summed E-state index contributed by atoms with van der Waals surface area (Å²) in [6.07, 6.45) is 5.20. The van der Waals surface area contributed by atoms with E-state index in [1.165, 1.54) is 12.5 Å². The standard InChI is InChI=1S/C10H11N2O/c1-7(13)12-10-5-4-9(6-11-10)8-2-3-8/h2,4-6,8H,3H2,1H3,(H,11,12,13). The number of amides is 1. The molecule has 1 amide bonds. The number of carbonyl (C=O) groups is 1. The molecule has 1 N–H and O–H groups in total. The first kappa shape index (κ1) is 8.23. The number of rotatable bonds is 2. The quantitative estimate of drug-likeness (QED) is 0.743. The van der Waals surface area contributed by atoms with E-state index in [4.69, 9.17) is 0 Å². The van der Waals surface area contributed by atoms with Crippen LogP contribution in [-0.4, -0.2) is 10.9 Å². The van der Waals surface area contributed by atoms with Gasteiger partial charge in [0.1, 0.15) is 5.82 Å². The molecule has 1 radical (unpaired) electrons. The van der Waals surface area contributed by atoms with Crippen molar-refractivity contribution in [2.45, 2.75) is 19.3 Å². The molecule has 13 heavy (non-hydrogen) atoms. The second kappa shape index (κ2) is 3.17. The van der Waals surface area contributed by atoms with Crippen LogP contribution in [0, 0.1) is 6.42 Å². The van der Waals surface area contributed by atoms with E-state index in [-0.39, 0.29) is 5.91 Å². The fraction of sp³-hybridized carbons (Fsp3) is 0.300. The number of anilines is 1. The van der Waals surface area contributed by atoms with E-state index < -0.39 is 0 Å². The Balaban J connectivity index is 2.08. The van der Waals surface area contributed by atoms with Crippen molar-refractivity contribution in [3.8, 4) is 0 Å². The molecule has 0 bridgehead atoms. The summed E-state index contributed by atoms with van der Waals surface area (Å²) in [7, 11) is 0. The van der Waals surface area contributed by atoms with Crippen molar-refractivity contribution < 1.29 is 4.79 Å². The van der Waals surface area contributed by atoms with Crippen LogP contribution in [0.15, 0.2) is 18.3 Å². The highest BCUT2D eigenvalue weighted by molar-refractivity contribution is 5.87. The zero-order chi connectivity index (χ0) is 9.26. The highest BCUT2D eigenvalue weighted by Crippen LogP contribution is 2.38. The molecule has 1 aliphatic carbocycles. The number of hydrogen-bond acceptors (Lipinski definition) is 2. The summed E-state index contributed by atoms with van der Waals surface area (Å²) < 4.78 is 0. The van der Waals surface area contributed by atoms with Gasteiger partial charge in [-0.1, -0.05) is 6.07 Å². The molecule has 2 rings (SSSR count). The molecule has 1 heterocycles. The van der Waals surface area contributed by atoms with Crippen molar-refractivity contribution in [3.05, 3.63) is 30.3 Å². The lowest BCUT2D eigenvalue weighted by Gasteiger charge is -2.01. The number of nitrogens with zero attached hydrogens (tertiary/aromatic N) is 1. The number of carbonyl (C=O) groups excluding carboxylic acids is 1. The molecule has 1 atom stereocenters. The predicted octanol–water partition coefficient (Wildman–Crippen LogP) is 1.73. The summed E-state index contributed by atoms with van der Waals surface area (Å²) in [5.74, 6) is 1.13. The van der Waals surface area contributed by atoms with Gasteiger partial charge in [0.25, 0.3) is 0 Å². The lowest BCUT2D eigenvalue weighted by molar-refractivity contribution is -0.114. The van der Waals surface area contributed by atoms with Gasteiger partial charge in [0.05, 0.1) is 0 Å². The molecule has 1 fully saturated rings. The second-order valence-electron chi connectivity index (χ2n) is 3.24. The SMILES string of the molecule is CC(=O)Nc1ccc(C2[CH]C2)cn1. The first-order chi connectivity index (χ1) is 6.25. The Bertz CT molecular complexity index is 314. The minimum Gasteiger partial charge on any atom is -0.311 e. The van der Waals surface area contributed by atoms with Crippen molar-refractivity contribution in [1.82, 2.24) is 4.98 Å². The first-order valence-corrected chi connectivity index (χ1v) is 4.32. The van der Waals surface area contributed by atoms with Gasteiger partial charge in [-0.15, -0.1) is 0 Å². The fourth-order valence-electron chi connectivity index (χ4n) is 1.22. The maximum Gasteiger partial charge on any atom is 0.222 e. The van der Waals surface area contributed by atoms with E-state index in [1.807, 2.05) is 18.3 Å². The summed E-state index contributed by atoms with van der Waals surface area (Å²) in [5, 5.41) is 2.63. The number of nitrogens with one attached hydrogen (secondary N) is 1. The van der Waals surface area contributed by atoms with Crippen LogP contribution in [0.1, 0.15) is 24.8 Å². The van der Waals surface area contributed by atoms with E-state index >= 15 is 0 Å². The van der Waals surface area contributed by atoms with Crippen LogP contribution in [0.4, 0.5) is 5.82 Å². The number of pyridine rings is 1. The third-order valence-electron chi connectivity index (χ3n) is 1.99. The molecular formula is C10H11N2O. The molecule has 0 spiro atoms. The molecule has 0 aliphatic heterocycles. The molecule has 1 saturated carbocycles. The minimum absolute atomic E-state index is 0.0850. The Hall–Kier alpha value is -1.38. The van der Waals surface area contributed by atoms with Gasteiger partial charge in [-0.3, -0.25) is 4.79 Å². The van der Waals surface area contributed by atoms with Crippen LogP contribution in [0.25, 0.3) is 0 Å². The van der Waals surface area contributed by atoms with Crippen molar-refractivity contribution in [3.63, 3.8) is 0 Å². The number of hydrogen-bond donors (Lipinski definition) is 1. The van der Waals surface area contributed by atoms with Gasteiger partial charge in [0, 0.05) is 13.1 Å². The lowest BCUT2D eigenvalue weighted by atomic mass is 10.2. The Labute approximate surface area is 77.2 Å². The molecule has 0 saturated heterocycles. The molecule has 0 aromatic carbocycles. The average molecular weight is 175 g/mol. The summed E-state index contributed by atoms with van der Waals surface area (Å²) >= 11 is 0. The number of aromatic nitrogens is 1. The topological polar surface area (TPSA) is 42.0 Å². The van der Waals surface area contributed by atoms with E-state index in [9.17, 15) is 4.79 Å². The Morgan fingerprint density at radius 3 is 2.85 bits per heavy atom. The second-order valence-corrected chi connectivity index (χ2v) is 3.24. The van der Waals surface area contributed by atoms with E-state index in [2.05, 4.69) is 16.7 Å². The molecule has 1 aromatic rings. The smallest absolute Gasteiger partial charge is 0.222 e. The third-order valence-corrected chi connectivity index (χ3v) is 1.99. The molecular weight excluding hydrogens is 164 g/mol. The molecule has 1 aliphatic rings. The Morgan fingerprint density at radius 1 is 1.62 bits per heavy atom. The normalized spacial score (nSPS) is 15.5. The maximum atomic E-state index is 10.7. The summed E-state index contributed by atoms with van der Waals surface area (Å²) in [4.78, 5) is 14.8. The summed E-state index contributed by atoms with van der Waals surface area (Å²) in [6.45, 7) is 1.48. The van der Waals surface area contributed by atoms with Gasteiger partial charge < -0.3 is 5.32 Å². The average Bonchev–Trinajstić information content (AvgIpc) is 2.87. The van der Waals surface area contributed by atoms with Crippen LogP contribution < -0.4 is 5.32 Å². The van der Waals surface area contributed by atoms with Crippen LogP contribution in [0.2, 0.25) is 0 Å². The highest BCUT2D eigenvalue weighted by Gasteiger charge is 2.23. The summed E-state index contributed by atoms with van der Waals surface area (Å²) in [6, 6.07) is 3.84. The van der Waals surface area contributed by atoms with Crippen LogP contribution >= 0.6 is 0 Å². The molecule has 1 unspecified atom stereocenters. The maximum absolute atomic E-state index is 10.7. The van der Waals surface area contributed by atoms with Crippen LogP contribution in [0.5, 0.6) is 0 Å². The molecule has 3 heteroatoms. The zero-order valence-electron chi connectivity index (χ0n) is 7.45. The molecule has 67 valence electrons. The molecule has 1 aromatic heterocycles. The van der Waals surface area contributed by atoms with Gasteiger partial charge in [-0.25, -0.2) is 4.98 Å². The van der Waals surface area contributed by atoms with E-state index in [1.54, 1.807) is 0 Å². The Kier molecular flexibility index (Phi) is 2.00. The highest BCUT2D eigenvalue weighted by atomic mass is 16.1. The van der Waals surface area contributed by atoms with Gasteiger partial charge in [-0.2, -0.15) is 0 Å². The monoisotopic (exact) mass is 175 g/mol. The molecule has 3 nitrogen and oxygen atoms in total. The fourth-order valence-corrected chi connectivity index (χ4v) is 1.22. The van der Waals surface area contributed by atoms with Crippen molar-refractivity contribution >= 4 is 11.7 Å². The van der Waals surface area contributed by atoms with E-state index in [0.717, 1.165) is 6.42 Å². The van der Waals surface area contributed by atoms with Crippen LogP contribution in [-0.2, 0) is 4.79 Å². The predicted molar refractivity (Wildman–Crippen MR) is 50.2 cm³/mol. The van der Waals surface area contributed by atoms with Gasteiger partial charge in [-0.05, 0) is 30.4 Å². The van der Waals surface area contributed by atoms with Gasteiger partial charge in [0.2, 0.25) is 5.91 Å². The van der Waals surface area contributed by atoms with Gasteiger partial charge in [0.15, 0.2) is 0 Å². The largest absolute Gasteiger partial charge is 0.311 e. The van der Waals surface area contributed by atoms with Crippen molar-refractivity contribution in [2.75, 3.05) is 5.32 Å². The lowest BCUT2D eigenvalue weighted by Crippen LogP contribution is -2.07. The Morgan fingerprint density at radius 2 is 2.38 bits per heavy atom. The zero-order valence-corrected chi connectivity index (χ0v) is 7.45. The third kappa shape index (κ3) is 2.05.